The summed E-state index contributed by atoms with van der Waals surface area (Å²) in [5.74, 6) is 1.57. The van der Waals surface area contributed by atoms with E-state index in [4.69, 9.17) is 5.26 Å². The topological polar surface area (TPSA) is 87.7 Å². The number of carbonyl (C=O) groups excluding carboxylic acids is 1. The molecule has 0 unspecified atom stereocenters. The van der Waals surface area contributed by atoms with Gasteiger partial charge in [0.2, 0.25) is 5.91 Å². The fourth-order valence-electron chi connectivity index (χ4n) is 3.50. The molecule has 0 saturated carbocycles. The number of hydrogen-bond donors (Lipinski definition) is 0. The van der Waals surface area contributed by atoms with E-state index in [9.17, 15) is 4.79 Å². The Bertz CT molecular complexity index is 1060. The van der Waals surface area contributed by atoms with Crippen LogP contribution in [-0.2, 0) is 17.1 Å². The second-order valence-corrected chi connectivity index (χ2v) is 8.11. The summed E-state index contributed by atoms with van der Waals surface area (Å²) in [5, 5.41) is 18.7. The Kier molecular flexibility index (Phi) is 6.40. The van der Waals surface area contributed by atoms with Gasteiger partial charge in [-0.1, -0.05) is 30.3 Å². The van der Waals surface area contributed by atoms with Crippen LogP contribution in [0.3, 0.4) is 0 Å². The Hall–Kier alpha value is -3.18. The van der Waals surface area contributed by atoms with Crippen molar-refractivity contribution in [2.75, 3.05) is 6.54 Å². The third kappa shape index (κ3) is 4.69. The maximum absolute atomic E-state index is 12.5. The molecule has 0 bridgehead atoms. The maximum atomic E-state index is 12.5. The van der Waals surface area contributed by atoms with Crippen molar-refractivity contribution in [2.45, 2.75) is 43.1 Å². The largest absolute Gasteiger partial charge is 0.335 e. The van der Waals surface area contributed by atoms with Crippen LogP contribution in [0.4, 0.5) is 0 Å². The molecule has 1 aliphatic heterocycles. The molecule has 152 valence electrons. The number of benzene rings is 1. The Morgan fingerprint density at radius 3 is 2.90 bits per heavy atom. The van der Waals surface area contributed by atoms with Gasteiger partial charge in [0.15, 0.2) is 11.0 Å². The lowest BCUT2D eigenvalue weighted by atomic mass is 10.2. The van der Waals surface area contributed by atoms with Crippen molar-refractivity contribution in [3.8, 4) is 11.8 Å². The second kappa shape index (κ2) is 9.55. The summed E-state index contributed by atoms with van der Waals surface area (Å²) in [6, 6.07) is 13.6. The standard InChI is InChI=1S/C22H22N6OS/c23-13-17-6-4-7-18(12-17)16-30-22-26-25-20(28(22)19-8-5-10-24-14-19)15-27-11-3-1-2-9-21(27)29/h4-8,10,12,14H,1-3,9,11,15-16H2. The van der Waals surface area contributed by atoms with Gasteiger partial charge in [-0.2, -0.15) is 5.26 Å². The van der Waals surface area contributed by atoms with Crippen LogP contribution in [0.1, 0.15) is 42.6 Å². The summed E-state index contributed by atoms with van der Waals surface area (Å²) < 4.78 is 1.98. The van der Waals surface area contributed by atoms with Gasteiger partial charge in [0.05, 0.1) is 30.1 Å². The van der Waals surface area contributed by atoms with Crippen LogP contribution in [0.5, 0.6) is 0 Å². The van der Waals surface area contributed by atoms with Crippen LogP contribution in [0, 0.1) is 11.3 Å². The van der Waals surface area contributed by atoms with Crippen molar-refractivity contribution in [1.82, 2.24) is 24.6 Å². The molecule has 3 aromatic rings. The highest BCUT2D eigenvalue weighted by molar-refractivity contribution is 7.98. The average Bonchev–Trinajstić information content (AvgIpc) is 3.08. The monoisotopic (exact) mass is 418 g/mol. The molecule has 4 rings (SSSR count). The Morgan fingerprint density at radius 1 is 1.13 bits per heavy atom. The molecule has 1 saturated heterocycles. The van der Waals surface area contributed by atoms with E-state index in [1.165, 1.54) is 0 Å². The number of hydrogen-bond acceptors (Lipinski definition) is 6. The molecule has 1 amide bonds. The number of pyridine rings is 1. The van der Waals surface area contributed by atoms with E-state index in [0.29, 0.717) is 24.3 Å². The third-order valence-corrected chi connectivity index (χ3v) is 6.03. The van der Waals surface area contributed by atoms with Crippen molar-refractivity contribution in [3.63, 3.8) is 0 Å². The molecular weight excluding hydrogens is 396 g/mol. The molecular formula is C22H22N6OS. The molecule has 1 fully saturated rings. The van der Waals surface area contributed by atoms with Gasteiger partial charge >= 0.3 is 0 Å². The van der Waals surface area contributed by atoms with Gasteiger partial charge in [-0.25, -0.2) is 0 Å². The molecule has 7 nitrogen and oxygen atoms in total. The molecule has 1 aliphatic rings. The maximum Gasteiger partial charge on any atom is 0.222 e. The normalized spacial score (nSPS) is 14.4. The minimum absolute atomic E-state index is 0.177. The molecule has 0 N–H and O–H groups in total. The van der Waals surface area contributed by atoms with E-state index in [1.807, 2.05) is 39.8 Å². The summed E-state index contributed by atoms with van der Waals surface area (Å²) in [5.41, 5.74) is 2.55. The van der Waals surface area contributed by atoms with Crippen LogP contribution in [0.25, 0.3) is 5.69 Å². The third-order valence-electron chi connectivity index (χ3n) is 5.03. The number of likely N-dealkylation sites (tertiary alicyclic amines) is 1. The SMILES string of the molecule is N#Cc1cccc(CSc2nnc(CN3CCCCCC3=O)n2-c2cccnc2)c1. The average molecular weight is 419 g/mol. The van der Waals surface area contributed by atoms with Crippen LogP contribution >= 0.6 is 11.8 Å². The highest BCUT2D eigenvalue weighted by Gasteiger charge is 2.22. The molecule has 3 heterocycles. The van der Waals surface area contributed by atoms with Crippen LogP contribution in [-0.4, -0.2) is 37.1 Å². The minimum Gasteiger partial charge on any atom is -0.335 e. The highest BCUT2D eigenvalue weighted by atomic mass is 32.2. The molecule has 0 spiro atoms. The molecule has 1 aromatic carbocycles. The summed E-state index contributed by atoms with van der Waals surface area (Å²) >= 11 is 1.55. The first-order chi connectivity index (χ1) is 14.7. The Labute approximate surface area is 179 Å². The van der Waals surface area contributed by atoms with Crippen molar-refractivity contribution in [3.05, 3.63) is 65.7 Å². The minimum atomic E-state index is 0.177. The summed E-state index contributed by atoms with van der Waals surface area (Å²) in [6.07, 6.45) is 7.15. The fourth-order valence-corrected chi connectivity index (χ4v) is 4.41. The molecule has 8 heteroatoms. The van der Waals surface area contributed by atoms with Gasteiger partial charge in [0, 0.05) is 24.9 Å². The zero-order chi connectivity index (χ0) is 20.8. The van der Waals surface area contributed by atoms with Crippen molar-refractivity contribution >= 4 is 17.7 Å². The number of amides is 1. The first-order valence-electron chi connectivity index (χ1n) is 9.99. The van der Waals surface area contributed by atoms with Gasteiger partial charge in [0.1, 0.15) is 0 Å². The van der Waals surface area contributed by atoms with E-state index in [-0.39, 0.29) is 5.91 Å². The molecule has 30 heavy (non-hydrogen) atoms. The zero-order valence-corrected chi connectivity index (χ0v) is 17.4. The Balaban J connectivity index is 1.60. The first kappa shape index (κ1) is 20.1. The Morgan fingerprint density at radius 2 is 2.07 bits per heavy atom. The van der Waals surface area contributed by atoms with Crippen molar-refractivity contribution in [1.29, 1.82) is 5.26 Å². The van der Waals surface area contributed by atoms with Gasteiger partial charge in [-0.3, -0.25) is 14.3 Å². The van der Waals surface area contributed by atoms with Gasteiger partial charge in [-0.15, -0.1) is 10.2 Å². The number of carbonyl (C=O) groups is 1. The predicted octanol–water partition coefficient (Wildman–Crippen LogP) is 3.73. The molecule has 0 aliphatic carbocycles. The number of rotatable bonds is 6. The number of aromatic nitrogens is 4. The van der Waals surface area contributed by atoms with Crippen LogP contribution < -0.4 is 0 Å². The van der Waals surface area contributed by atoms with Gasteiger partial charge < -0.3 is 4.90 Å². The first-order valence-corrected chi connectivity index (χ1v) is 11.0. The zero-order valence-electron chi connectivity index (χ0n) is 16.6. The van der Waals surface area contributed by atoms with Gasteiger partial charge in [-0.05, 0) is 42.7 Å². The van der Waals surface area contributed by atoms with Crippen LogP contribution in [0.15, 0.2) is 53.9 Å². The lowest BCUT2D eigenvalue weighted by Crippen LogP contribution is -2.31. The lowest BCUT2D eigenvalue weighted by Gasteiger charge is -2.20. The van der Waals surface area contributed by atoms with Gasteiger partial charge in [0.25, 0.3) is 0 Å². The van der Waals surface area contributed by atoms with Crippen LogP contribution in [0.2, 0.25) is 0 Å². The van der Waals surface area contributed by atoms with E-state index < -0.39 is 0 Å². The fraction of sp³-hybridized carbons (Fsp3) is 0.318. The lowest BCUT2D eigenvalue weighted by molar-refractivity contribution is -0.131. The summed E-state index contributed by atoms with van der Waals surface area (Å²) in [7, 11) is 0. The van der Waals surface area contributed by atoms with E-state index >= 15 is 0 Å². The molecule has 0 radical (unpaired) electrons. The quantitative estimate of drug-likeness (QED) is 0.567. The second-order valence-electron chi connectivity index (χ2n) is 7.17. The highest BCUT2D eigenvalue weighted by Crippen LogP contribution is 2.26. The number of nitrogens with zero attached hydrogens (tertiary/aromatic N) is 6. The predicted molar refractivity (Wildman–Crippen MR) is 114 cm³/mol. The van der Waals surface area contributed by atoms with E-state index in [2.05, 4.69) is 21.3 Å². The summed E-state index contributed by atoms with van der Waals surface area (Å²) in [6.45, 7) is 1.19. The summed E-state index contributed by atoms with van der Waals surface area (Å²) in [4.78, 5) is 18.6. The number of nitriles is 1. The number of thioether (sulfide) groups is 1. The molecule has 2 aromatic heterocycles. The van der Waals surface area contributed by atoms with Crippen molar-refractivity contribution < 1.29 is 4.79 Å². The van der Waals surface area contributed by atoms with Crippen molar-refractivity contribution in [2.24, 2.45) is 0 Å². The van der Waals surface area contributed by atoms with E-state index in [0.717, 1.165) is 48.0 Å². The van der Waals surface area contributed by atoms with E-state index in [1.54, 1.807) is 30.2 Å². The molecule has 0 atom stereocenters. The smallest absolute Gasteiger partial charge is 0.222 e.